The third-order valence-electron chi connectivity index (χ3n) is 2.30. The SMILES string of the molecule is CN(C)Cc1cn(C)c2ncccc12. The molecule has 0 atom stereocenters. The Morgan fingerprint density at radius 2 is 2.21 bits per heavy atom. The van der Waals surface area contributed by atoms with E-state index in [9.17, 15) is 0 Å². The first-order valence-electron chi connectivity index (χ1n) is 4.72. The van der Waals surface area contributed by atoms with E-state index < -0.39 is 0 Å². The number of hydrogen-bond donors (Lipinski definition) is 0. The second-order valence-electron chi connectivity index (χ2n) is 3.88. The normalized spacial score (nSPS) is 11.4. The van der Waals surface area contributed by atoms with Gasteiger partial charge in [0.05, 0.1) is 0 Å². The Hall–Kier alpha value is -1.35. The van der Waals surface area contributed by atoms with Gasteiger partial charge in [0.25, 0.3) is 0 Å². The summed E-state index contributed by atoms with van der Waals surface area (Å²) in [7, 11) is 6.19. The molecule has 0 radical (unpaired) electrons. The Balaban J connectivity index is 2.55. The van der Waals surface area contributed by atoms with E-state index in [1.165, 1.54) is 10.9 Å². The first-order chi connectivity index (χ1) is 6.68. The monoisotopic (exact) mass is 189 g/mol. The van der Waals surface area contributed by atoms with E-state index in [2.05, 4.69) is 40.8 Å². The van der Waals surface area contributed by atoms with E-state index in [0.29, 0.717) is 0 Å². The zero-order chi connectivity index (χ0) is 10.1. The summed E-state index contributed by atoms with van der Waals surface area (Å²) in [5, 5.41) is 1.25. The lowest BCUT2D eigenvalue weighted by Gasteiger charge is -2.07. The topological polar surface area (TPSA) is 21.1 Å². The second-order valence-corrected chi connectivity index (χ2v) is 3.88. The summed E-state index contributed by atoms with van der Waals surface area (Å²) in [5.41, 5.74) is 2.39. The van der Waals surface area contributed by atoms with Crippen molar-refractivity contribution in [2.24, 2.45) is 7.05 Å². The first-order valence-corrected chi connectivity index (χ1v) is 4.72. The Morgan fingerprint density at radius 1 is 1.43 bits per heavy atom. The molecule has 14 heavy (non-hydrogen) atoms. The standard InChI is InChI=1S/C11H15N3/c1-13(2)7-9-8-14(3)11-10(9)5-4-6-12-11/h4-6,8H,7H2,1-3H3. The molecular formula is C11H15N3. The van der Waals surface area contributed by atoms with Gasteiger partial charge in [0.1, 0.15) is 5.65 Å². The van der Waals surface area contributed by atoms with Gasteiger partial charge in [-0.1, -0.05) is 0 Å². The average Bonchev–Trinajstić information content (AvgIpc) is 2.44. The summed E-state index contributed by atoms with van der Waals surface area (Å²) in [6.45, 7) is 0.961. The summed E-state index contributed by atoms with van der Waals surface area (Å²) in [6.07, 6.45) is 3.99. The van der Waals surface area contributed by atoms with Gasteiger partial charge in [-0.25, -0.2) is 4.98 Å². The molecular weight excluding hydrogens is 174 g/mol. The minimum absolute atomic E-state index is 0.961. The summed E-state index contributed by atoms with van der Waals surface area (Å²) in [4.78, 5) is 6.52. The fourth-order valence-corrected chi connectivity index (χ4v) is 1.76. The van der Waals surface area contributed by atoms with Crippen LogP contribution < -0.4 is 0 Å². The van der Waals surface area contributed by atoms with Crippen LogP contribution in [0.3, 0.4) is 0 Å². The van der Waals surface area contributed by atoms with E-state index in [1.54, 1.807) is 0 Å². The van der Waals surface area contributed by atoms with Gasteiger partial charge < -0.3 is 9.47 Å². The lowest BCUT2D eigenvalue weighted by molar-refractivity contribution is 0.404. The first kappa shape index (κ1) is 9.21. The van der Waals surface area contributed by atoms with Gasteiger partial charge in [-0.05, 0) is 31.8 Å². The molecule has 0 aliphatic heterocycles. The summed E-state index contributed by atoms with van der Waals surface area (Å²) in [6, 6.07) is 4.11. The number of aryl methyl sites for hydroxylation is 1. The van der Waals surface area contributed by atoms with Crippen LogP contribution in [0.15, 0.2) is 24.5 Å². The maximum Gasteiger partial charge on any atom is 0.139 e. The molecule has 2 aromatic heterocycles. The maximum absolute atomic E-state index is 4.35. The van der Waals surface area contributed by atoms with Gasteiger partial charge in [0.2, 0.25) is 0 Å². The smallest absolute Gasteiger partial charge is 0.139 e. The molecule has 0 N–H and O–H groups in total. The van der Waals surface area contributed by atoms with E-state index in [-0.39, 0.29) is 0 Å². The van der Waals surface area contributed by atoms with Crippen molar-refractivity contribution in [1.82, 2.24) is 14.5 Å². The Labute approximate surface area is 84.0 Å². The molecule has 0 aliphatic carbocycles. The molecule has 0 fully saturated rings. The van der Waals surface area contributed by atoms with E-state index >= 15 is 0 Å². The Morgan fingerprint density at radius 3 is 2.93 bits per heavy atom. The minimum Gasteiger partial charge on any atom is -0.335 e. The molecule has 0 amide bonds. The zero-order valence-corrected chi connectivity index (χ0v) is 8.86. The summed E-state index contributed by atoms with van der Waals surface area (Å²) in [5.74, 6) is 0. The van der Waals surface area contributed by atoms with Crippen molar-refractivity contribution in [3.8, 4) is 0 Å². The van der Waals surface area contributed by atoms with Gasteiger partial charge in [-0.3, -0.25) is 0 Å². The fourth-order valence-electron chi connectivity index (χ4n) is 1.76. The second kappa shape index (κ2) is 3.42. The van der Waals surface area contributed by atoms with Crippen molar-refractivity contribution in [1.29, 1.82) is 0 Å². The largest absolute Gasteiger partial charge is 0.335 e. The van der Waals surface area contributed by atoms with Crippen LogP contribution in [0.2, 0.25) is 0 Å². The van der Waals surface area contributed by atoms with Crippen LogP contribution >= 0.6 is 0 Å². The van der Waals surface area contributed by atoms with Crippen LogP contribution in [-0.4, -0.2) is 28.5 Å². The Bertz CT molecular complexity index is 443. The minimum atomic E-state index is 0.961. The molecule has 2 rings (SSSR count). The zero-order valence-electron chi connectivity index (χ0n) is 8.86. The predicted molar refractivity (Wildman–Crippen MR) is 58.1 cm³/mol. The molecule has 0 aromatic carbocycles. The van der Waals surface area contributed by atoms with E-state index in [1.807, 2.05) is 19.3 Å². The fraction of sp³-hybridized carbons (Fsp3) is 0.364. The van der Waals surface area contributed by atoms with E-state index in [0.717, 1.165) is 12.2 Å². The molecule has 3 nitrogen and oxygen atoms in total. The molecule has 2 aromatic rings. The number of pyridine rings is 1. The van der Waals surface area contributed by atoms with Gasteiger partial charge in [-0.2, -0.15) is 0 Å². The van der Waals surface area contributed by atoms with E-state index in [4.69, 9.17) is 0 Å². The highest BCUT2D eigenvalue weighted by Gasteiger charge is 2.06. The molecule has 2 heterocycles. The Kier molecular flexibility index (Phi) is 2.25. The van der Waals surface area contributed by atoms with Gasteiger partial charge in [0, 0.05) is 31.4 Å². The maximum atomic E-state index is 4.35. The van der Waals surface area contributed by atoms with Crippen molar-refractivity contribution in [2.75, 3.05) is 14.1 Å². The van der Waals surface area contributed by atoms with Crippen LogP contribution in [0.4, 0.5) is 0 Å². The van der Waals surface area contributed by atoms with Crippen molar-refractivity contribution < 1.29 is 0 Å². The third-order valence-corrected chi connectivity index (χ3v) is 2.30. The molecule has 0 spiro atoms. The van der Waals surface area contributed by atoms with Crippen molar-refractivity contribution in [3.05, 3.63) is 30.1 Å². The molecule has 0 unspecified atom stereocenters. The number of nitrogens with zero attached hydrogens (tertiary/aromatic N) is 3. The van der Waals surface area contributed by atoms with Crippen LogP contribution in [-0.2, 0) is 13.6 Å². The van der Waals surface area contributed by atoms with Crippen LogP contribution in [0, 0.1) is 0 Å². The number of hydrogen-bond acceptors (Lipinski definition) is 2. The number of fused-ring (bicyclic) bond motifs is 1. The van der Waals surface area contributed by atoms with Crippen LogP contribution in [0.25, 0.3) is 11.0 Å². The molecule has 3 heteroatoms. The van der Waals surface area contributed by atoms with Crippen molar-refractivity contribution in [3.63, 3.8) is 0 Å². The summed E-state index contributed by atoms with van der Waals surface area (Å²) >= 11 is 0. The average molecular weight is 189 g/mol. The number of aromatic nitrogens is 2. The third kappa shape index (κ3) is 1.51. The quantitative estimate of drug-likeness (QED) is 0.716. The van der Waals surface area contributed by atoms with Gasteiger partial charge in [0.15, 0.2) is 0 Å². The van der Waals surface area contributed by atoms with Gasteiger partial charge in [-0.15, -0.1) is 0 Å². The highest BCUT2D eigenvalue weighted by molar-refractivity contribution is 5.80. The summed E-state index contributed by atoms with van der Waals surface area (Å²) < 4.78 is 2.08. The van der Waals surface area contributed by atoms with Crippen LogP contribution in [0.1, 0.15) is 5.56 Å². The van der Waals surface area contributed by atoms with Crippen LogP contribution in [0.5, 0.6) is 0 Å². The number of rotatable bonds is 2. The molecule has 0 saturated heterocycles. The van der Waals surface area contributed by atoms with Gasteiger partial charge >= 0.3 is 0 Å². The highest BCUT2D eigenvalue weighted by atomic mass is 15.1. The van der Waals surface area contributed by atoms with Crippen molar-refractivity contribution in [2.45, 2.75) is 6.54 Å². The molecule has 0 aliphatic rings. The molecule has 0 bridgehead atoms. The lowest BCUT2D eigenvalue weighted by atomic mass is 10.2. The molecule has 0 saturated carbocycles. The highest BCUT2D eigenvalue weighted by Crippen LogP contribution is 2.18. The predicted octanol–water partition coefficient (Wildman–Crippen LogP) is 1.63. The van der Waals surface area contributed by atoms with Crippen molar-refractivity contribution >= 4 is 11.0 Å². The molecule has 74 valence electrons. The lowest BCUT2D eigenvalue weighted by Crippen LogP contribution is -2.10.